The summed E-state index contributed by atoms with van der Waals surface area (Å²) < 4.78 is 0. The van der Waals surface area contributed by atoms with Crippen LogP contribution in [-0.2, 0) is 6.54 Å². The van der Waals surface area contributed by atoms with Crippen LogP contribution in [0.25, 0.3) is 0 Å². The molecule has 0 amide bonds. The van der Waals surface area contributed by atoms with Crippen LogP contribution in [0, 0.1) is 5.92 Å². The van der Waals surface area contributed by atoms with E-state index in [0.717, 1.165) is 25.1 Å². The Labute approximate surface area is 112 Å². The molecule has 1 aromatic heterocycles. The van der Waals surface area contributed by atoms with Crippen LogP contribution < -0.4 is 5.32 Å². The second-order valence-electron chi connectivity index (χ2n) is 5.10. The first kappa shape index (κ1) is 13.5. The third kappa shape index (κ3) is 3.10. The van der Waals surface area contributed by atoms with Crippen molar-refractivity contribution in [3.63, 3.8) is 0 Å². The standard InChI is InChI=1S/C13H20N2O2S/c1-9-8-15(2)5-3-11(9)14-7-10-4-6-18-12(10)13(16)17/h4,6,9,11,14H,3,5,7-8H2,1-2H3,(H,16,17). The van der Waals surface area contributed by atoms with Gasteiger partial charge >= 0.3 is 5.97 Å². The van der Waals surface area contributed by atoms with Gasteiger partial charge in [-0.1, -0.05) is 6.92 Å². The molecule has 2 unspecified atom stereocenters. The van der Waals surface area contributed by atoms with E-state index in [1.165, 1.54) is 11.3 Å². The SMILES string of the molecule is CC1CN(C)CCC1NCc1ccsc1C(=O)O. The Morgan fingerprint density at radius 2 is 2.44 bits per heavy atom. The van der Waals surface area contributed by atoms with E-state index in [-0.39, 0.29) is 0 Å². The summed E-state index contributed by atoms with van der Waals surface area (Å²) in [5.74, 6) is -0.214. The van der Waals surface area contributed by atoms with E-state index in [2.05, 4.69) is 24.2 Å². The molecule has 1 aromatic rings. The number of hydrogen-bond donors (Lipinski definition) is 2. The summed E-state index contributed by atoms with van der Waals surface area (Å²) in [4.78, 5) is 13.8. The molecular formula is C13H20N2O2S. The van der Waals surface area contributed by atoms with Gasteiger partial charge in [-0.15, -0.1) is 11.3 Å². The van der Waals surface area contributed by atoms with Crippen molar-refractivity contribution in [3.8, 4) is 0 Å². The summed E-state index contributed by atoms with van der Waals surface area (Å²) in [6, 6.07) is 2.39. The van der Waals surface area contributed by atoms with E-state index in [0.29, 0.717) is 23.4 Å². The minimum absolute atomic E-state index is 0.461. The van der Waals surface area contributed by atoms with Crippen LogP contribution in [0.4, 0.5) is 0 Å². The van der Waals surface area contributed by atoms with Crippen LogP contribution in [0.3, 0.4) is 0 Å². The van der Waals surface area contributed by atoms with Crippen molar-refractivity contribution in [2.45, 2.75) is 25.9 Å². The number of rotatable bonds is 4. The number of nitrogens with one attached hydrogen (secondary N) is 1. The number of piperidine rings is 1. The Morgan fingerprint density at radius 3 is 3.11 bits per heavy atom. The fourth-order valence-corrected chi connectivity index (χ4v) is 3.32. The minimum Gasteiger partial charge on any atom is -0.477 e. The van der Waals surface area contributed by atoms with Crippen molar-refractivity contribution in [1.82, 2.24) is 10.2 Å². The van der Waals surface area contributed by atoms with Crippen molar-refractivity contribution in [2.24, 2.45) is 5.92 Å². The van der Waals surface area contributed by atoms with E-state index in [1.54, 1.807) is 0 Å². The molecule has 18 heavy (non-hydrogen) atoms. The Balaban J connectivity index is 1.91. The highest BCUT2D eigenvalue weighted by atomic mass is 32.1. The topological polar surface area (TPSA) is 52.6 Å². The van der Waals surface area contributed by atoms with E-state index >= 15 is 0 Å². The molecule has 1 fully saturated rings. The van der Waals surface area contributed by atoms with Crippen LogP contribution in [0.5, 0.6) is 0 Å². The third-order valence-electron chi connectivity index (χ3n) is 3.60. The summed E-state index contributed by atoms with van der Waals surface area (Å²) >= 11 is 1.30. The number of nitrogens with zero attached hydrogens (tertiary/aromatic N) is 1. The predicted molar refractivity (Wildman–Crippen MR) is 73.2 cm³/mol. The van der Waals surface area contributed by atoms with Gasteiger partial charge in [0.2, 0.25) is 0 Å². The van der Waals surface area contributed by atoms with Gasteiger partial charge in [-0.25, -0.2) is 4.79 Å². The molecular weight excluding hydrogens is 248 g/mol. The number of carbonyl (C=O) groups is 1. The number of aromatic carboxylic acids is 1. The van der Waals surface area contributed by atoms with Gasteiger partial charge in [-0.05, 0) is 42.9 Å². The Kier molecular flexibility index (Phi) is 4.37. The zero-order valence-corrected chi connectivity index (χ0v) is 11.7. The molecule has 0 saturated carbocycles. The van der Waals surface area contributed by atoms with Gasteiger partial charge in [-0.2, -0.15) is 0 Å². The molecule has 0 radical (unpaired) electrons. The lowest BCUT2D eigenvalue weighted by molar-refractivity contribution is 0.0700. The highest BCUT2D eigenvalue weighted by Crippen LogP contribution is 2.19. The maximum atomic E-state index is 11.0. The molecule has 2 heterocycles. The van der Waals surface area contributed by atoms with Gasteiger partial charge in [0.1, 0.15) is 4.88 Å². The summed E-state index contributed by atoms with van der Waals surface area (Å²) in [7, 11) is 2.15. The molecule has 1 saturated heterocycles. The van der Waals surface area contributed by atoms with Gasteiger partial charge in [-0.3, -0.25) is 0 Å². The van der Waals surface area contributed by atoms with Crippen LogP contribution in [-0.4, -0.2) is 42.2 Å². The molecule has 0 bridgehead atoms. The van der Waals surface area contributed by atoms with Crippen molar-refractivity contribution >= 4 is 17.3 Å². The number of hydrogen-bond acceptors (Lipinski definition) is 4. The number of carboxylic acids is 1. The molecule has 4 nitrogen and oxygen atoms in total. The van der Waals surface area contributed by atoms with Crippen molar-refractivity contribution in [3.05, 3.63) is 21.9 Å². The lowest BCUT2D eigenvalue weighted by Gasteiger charge is -2.35. The first-order valence-electron chi connectivity index (χ1n) is 6.29. The Hall–Kier alpha value is -0.910. The van der Waals surface area contributed by atoms with Gasteiger partial charge in [0, 0.05) is 19.1 Å². The first-order chi connectivity index (χ1) is 8.58. The van der Waals surface area contributed by atoms with Crippen LogP contribution in [0.15, 0.2) is 11.4 Å². The number of thiophene rings is 1. The smallest absolute Gasteiger partial charge is 0.346 e. The van der Waals surface area contributed by atoms with E-state index in [4.69, 9.17) is 5.11 Å². The Bertz CT molecular complexity index is 419. The second kappa shape index (κ2) is 5.82. The van der Waals surface area contributed by atoms with Crippen LogP contribution in [0.1, 0.15) is 28.6 Å². The summed E-state index contributed by atoms with van der Waals surface area (Å²) in [5.41, 5.74) is 0.902. The van der Waals surface area contributed by atoms with Crippen molar-refractivity contribution in [2.75, 3.05) is 20.1 Å². The van der Waals surface area contributed by atoms with E-state index in [1.807, 2.05) is 11.4 Å². The maximum Gasteiger partial charge on any atom is 0.346 e. The molecule has 0 aliphatic carbocycles. The predicted octanol–water partition coefficient (Wildman–Crippen LogP) is 1.88. The van der Waals surface area contributed by atoms with E-state index in [9.17, 15) is 4.79 Å². The molecule has 2 N–H and O–H groups in total. The zero-order valence-electron chi connectivity index (χ0n) is 10.8. The number of carboxylic acid groups (broad SMARTS) is 1. The highest BCUT2D eigenvalue weighted by molar-refractivity contribution is 7.12. The van der Waals surface area contributed by atoms with Crippen LogP contribution >= 0.6 is 11.3 Å². The molecule has 0 spiro atoms. The van der Waals surface area contributed by atoms with Gasteiger partial charge in [0.25, 0.3) is 0 Å². The zero-order chi connectivity index (χ0) is 13.1. The molecule has 1 aliphatic rings. The normalized spacial score (nSPS) is 25.2. The monoisotopic (exact) mass is 268 g/mol. The Morgan fingerprint density at radius 1 is 1.67 bits per heavy atom. The minimum atomic E-state index is -0.821. The van der Waals surface area contributed by atoms with Gasteiger partial charge in [0.15, 0.2) is 0 Å². The summed E-state index contributed by atoms with van der Waals surface area (Å²) in [5, 5.41) is 14.4. The summed E-state index contributed by atoms with van der Waals surface area (Å²) in [6.07, 6.45) is 1.13. The molecule has 100 valence electrons. The lowest BCUT2D eigenvalue weighted by Crippen LogP contribution is -2.46. The van der Waals surface area contributed by atoms with Crippen LogP contribution in [0.2, 0.25) is 0 Å². The van der Waals surface area contributed by atoms with Crippen molar-refractivity contribution in [1.29, 1.82) is 0 Å². The highest BCUT2D eigenvalue weighted by Gasteiger charge is 2.24. The van der Waals surface area contributed by atoms with Crippen molar-refractivity contribution < 1.29 is 9.90 Å². The average Bonchev–Trinajstić information content (AvgIpc) is 2.76. The molecule has 5 heteroatoms. The van der Waals surface area contributed by atoms with E-state index < -0.39 is 5.97 Å². The quantitative estimate of drug-likeness (QED) is 0.875. The first-order valence-corrected chi connectivity index (χ1v) is 7.17. The fraction of sp³-hybridized carbons (Fsp3) is 0.615. The van der Waals surface area contributed by atoms with Gasteiger partial charge < -0.3 is 15.3 Å². The molecule has 0 aromatic carbocycles. The summed E-state index contributed by atoms with van der Waals surface area (Å²) in [6.45, 7) is 5.12. The largest absolute Gasteiger partial charge is 0.477 e. The van der Waals surface area contributed by atoms with Gasteiger partial charge in [0.05, 0.1) is 0 Å². The lowest BCUT2D eigenvalue weighted by atomic mass is 9.94. The maximum absolute atomic E-state index is 11.0. The average molecular weight is 268 g/mol. The molecule has 1 aliphatic heterocycles. The second-order valence-corrected chi connectivity index (χ2v) is 6.01. The third-order valence-corrected chi connectivity index (χ3v) is 4.55. The number of likely N-dealkylation sites (tertiary alicyclic amines) is 1. The fourth-order valence-electron chi connectivity index (χ4n) is 2.56. The molecule has 2 rings (SSSR count). The molecule has 2 atom stereocenters.